The Morgan fingerprint density at radius 1 is 0.652 bits per heavy atom. The monoisotopic (exact) mass is 947 g/mol. The molecule has 3 aliphatic heterocycles. The fraction of sp³-hybridized carbons (Fsp3) is 0.556. The second kappa shape index (κ2) is 21.1. The third kappa shape index (κ3) is 11.3. The maximum Gasteiger partial charge on any atom is 0.246 e. The molecule has 4 aliphatic rings. The number of nitrogens with zero attached hydrogens (tertiary/aromatic N) is 2. The molecule has 0 spiro atoms. The fourth-order valence-electron chi connectivity index (χ4n) is 10.3. The van der Waals surface area contributed by atoms with Crippen LogP contribution < -0.4 is 36.6 Å². The normalized spacial score (nSPS) is 22.8. The van der Waals surface area contributed by atoms with Gasteiger partial charge in [-0.3, -0.25) is 28.8 Å². The van der Waals surface area contributed by atoms with E-state index in [-0.39, 0.29) is 73.0 Å². The summed E-state index contributed by atoms with van der Waals surface area (Å²) in [7, 11) is 3.37. The first-order chi connectivity index (χ1) is 32.7. The van der Waals surface area contributed by atoms with Gasteiger partial charge in [0.15, 0.2) is 0 Å². The number of likely N-dealkylation sites (N-methyl/N-ethyl adjacent to an activating group) is 2. The van der Waals surface area contributed by atoms with Gasteiger partial charge in [0.2, 0.25) is 35.4 Å². The molecule has 6 unspecified atom stereocenters. The summed E-state index contributed by atoms with van der Waals surface area (Å²) in [5.74, 6) is -1.45. The van der Waals surface area contributed by atoms with E-state index in [4.69, 9.17) is 4.74 Å². The van der Waals surface area contributed by atoms with Crippen LogP contribution in [0, 0.1) is 10.8 Å². The minimum Gasteiger partial charge on any atom is -0.493 e. The highest BCUT2D eigenvalue weighted by Gasteiger charge is 2.47. The Morgan fingerprint density at radius 3 is 1.84 bits per heavy atom. The summed E-state index contributed by atoms with van der Waals surface area (Å²) in [4.78, 5) is 89.4. The van der Waals surface area contributed by atoms with Gasteiger partial charge in [0.1, 0.15) is 29.9 Å². The Kier molecular flexibility index (Phi) is 15.6. The number of hydrogen-bond acceptors (Lipinski definition) is 9. The average molecular weight is 947 g/mol. The highest BCUT2D eigenvalue weighted by molar-refractivity contribution is 5.95. The molecule has 0 bridgehead atoms. The van der Waals surface area contributed by atoms with Crippen molar-refractivity contribution in [2.45, 2.75) is 155 Å². The number of likely N-dealkylation sites (tertiary alicyclic amines) is 1. The second-order valence-electron chi connectivity index (χ2n) is 21.7. The van der Waals surface area contributed by atoms with Crippen molar-refractivity contribution in [1.29, 1.82) is 0 Å². The number of nitrogens with one attached hydrogen (secondary N) is 6. The topological polar surface area (TPSA) is 190 Å². The Hall–Kier alpha value is -5.80. The van der Waals surface area contributed by atoms with Crippen LogP contribution in [0.4, 0.5) is 0 Å². The standard InChI is InChI=1S/C54H74N8O7/c1-31(55-9)47(63)59-45(53(3,4)5)51(67)61-29-36-26-34(22-23-35(36)27-42(61)49(65)58-41-24-25-69-44-21-14-13-19-39(41)44)37-28-43(50(66)57-40-20-15-17-33-16-11-12-18-38(33)40)62(30-37)52(68)46(54(6,7)8)60-48(64)32(2)56-10/h11-14,16,18-19,21-23,26,31-32,37,40-43,45-46,55-56H,15,17,20,24-25,27-30H2,1-10H3,(H,57,66)(H,58,65)(H,59,63)(H,60,64)/t31-,32-,37?,40?,41?,42?,43?,45+,46?/m0/s1. The number of benzene rings is 3. The van der Waals surface area contributed by atoms with Crippen LogP contribution in [0.2, 0.25) is 0 Å². The molecule has 9 atom stereocenters. The van der Waals surface area contributed by atoms with E-state index in [1.165, 1.54) is 5.56 Å². The number of fused-ring (bicyclic) bond motifs is 3. The maximum atomic E-state index is 15.1. The van der Waals surface area contributed by atoms with E-state index in [0.29, 0.717) is 25.2 Å². The van der Waals surface area contributed by atoms with Gasteiger partial charge in [-0.15, -0.1) is 0 Å². The minimum absolute atomic E-state index is 0.0939. The summed E-state index contributed by atoms with van der Waals surface area (Å²) in [6, 6.07) is 16.7. The number of aryl methyl sites for hydroxylation is 1. The van der Waals surface area contributed by atoms with Crippen molar-refractivity contribution in [3.63, 3.8) is 0 Å². The van der Waals surface area contributed by atoms with Gasteiger partial charge in [-0.05, 0) is 98.3 Å². The van der Waals surface area contributed by atoms with E-state index in [1.807, 2.05) is 90.1 Å². The largest absolute Gasteiger partial charge is 0.493 e. The molecule has 15 heteroatoms. The van der Waals surface area contributed by atoms with Crippen LogP contribution in [0.3, 0.4) is 0 Å². The summed E-state index contributed by atoms with van der Waals surface area (Å²) in [6.07, 6.45) is 3.79. The Morgan fingerprint density at radius 2 is 1.22 bits per heavy atom. The molecule has 372 valence electrons. The van der Waals surface area contributed by atoms with Crippen LogP contribution in [0.5, 0.6) is 5.75 Å². The highest BCUT2D eigenvalue weighted by atomic mass is 16.5. The molecule has 3 heterocycles. The zero-order chi connectivity index (χ0) is 49.9. The predicted octanol–water partition coefficient (Wildman–Crippen LogP) is 4.74. The van der Waals surface area contributed by atoms with Crippen LogP contribution in [0.1, 0.15) is 132 Å². The lowest BCUT2D eigenvalue weighted by Crippen LogP contribution is -2.62. The van der Waals surface area contributed by atoms with E-state index in [0.717, 1.165) is 47.1 Å². The molecule has 6 N–H and O–H groups in total. The lowest BCUT2D eigenvalue weighted by Gasteiger charge is -2.42. The molecule has 0 radical (unpaired) electrons. The first-order valence-electron chi connectivity index (χ1n) is 24.8. The molecule has 1 fully saturated rings. The third-order valence-corrected chi connectivity index (χ3v) is 14.7. The lowest BCUT2D eigenvalue weighted by molar-refractivity contribution is -0.147. The molecule has 1 aliphatic carbocycles. The molecular formula is C54H74N8O7. The van der Waals surface area contributed by atoms with Gasteiger partial charge in [-0.25, -0.2) is 0 Å². The molecule has 15 nitrogen and oxygen atoms in total. The van der Waals surface area contributed by atoms with Crippen LogP contribution in [-0.2, 0) is 48.2 Å². The zero-order valence-corrected chi connectivity index (χ0v) is 42.2. The Bertz CT molecular complexity index is 2410. The van der Waals surface area contributed by atoms with E-state index in [9.17, 15) is 24.0 Å². The van der Waals surface area contributed by atoms with Crippen molar-refractivity contribution in [3.8, 4) is 5.75 Å². The minimum atomic E-state index is -0.957. The second-order valence-corrected chi connectivity index (χ2v) is 21.7. The lowest BCUT2D eigenvalue weighted by atomic mass is 9.83. The molecule has 7 rings (SSSR count). The van der Waals surface area contributed by atoms with Crippen LogP contribution >= 0.6 is 0 Å². The number of carbonyl (C=O) groups is 6. The zero-order valence-electron chi connectivity index (χ0n) is 42.2. The molecule has 69 heavy (non-hydrogen) atoms. The number of carbonyl (C=O) groups excluding carboxylic acids is 6. The predicted molar refractivity (Wildman–Crippen MR) is 265 cm³/mol. The number of rotatable bonds is 13. The summed E-state index contributed by atoms with van der Waals surface area (Å²) in [5, 5.41) is 18.5. The van der Waals surface area contributed by atoms with Crippen LogP contribution in [-0.4, -0.2) is 109 Å². The van der Waals surface area contributed by atoms with Crippen molar-refractivity contribution in [3.05, 3.63) is 100 Å². The highest BCUT2D eigenvalue weighted by Crippen LogP contribution is 2.39. The third-order valence-electron chi connectivity index (χ3n) is 14.7. The van der Waals surface area contributed by atoms with Gasteiger partial charge in [-0.1, -0.05) is 102 Å². The Balaban J connectivity index is 1.22. The number of amides is 6. The van der Waals surface area contributed by atoms with Crippen molar-refractivity contribution < 1.29 is 33.5 Å². The summed E-state index contributed by atoms with van der Waals surface area (Å²) < 4.78 is 5.89. The molecule has 3 aromatic rings. The summed E-state index contributed by atoms with van der Waals surface area (Å²) in [6.45, 7) is 15.6. The summed E-state index contributed by atoms with van der Waals surface area (Å²) in [5.41, 5.74) is 4.41. The van der Waals surface area contributed by atoms with Crippen molar-refractivity contribution in [1.82, 2.24) is 41.7 Å². The summed E-state index contributed by atoms with van der Waals surface area (Å²) >= 11 is 0. The quantitative estimate of drug-likeness (QED) is 0.141. The molecule has 3 aromatic carbocycles. The van der Waals surface area contributed by atoms with Crippen LogP contribution in [0.15, 0.2) is 66.7 Å². The first-order valence-corrected chi connectivity index (χ1v) is 24.8. The number of ether oxygens (including phenoxy) is 1. The molecular weight excluding hydrogens is 873 g/mol. The Labute approximate surface area is 408 Å². The average Bonchev–Trinajstić information content (AvgIpc) is 3.79. The maximum absolute atomic E-state index is 15.1. The van der Waals surface area contributed by atoms with Gasteiger partial charge < -0.3 is 46.4 Å². The fourth-order valence-corrected chi connectivity index (χ4v) is 10.3. The molecule has 1 saturated heterocycles. The van der Waals surface area contributed by atoms with Gasteiger partial charge >= 0.3 is 0 Å². The van der Waals surface area contributed by atoms with Crippen LogP contribution in [0.25, 0.3) is 0 Å². The molecule has 6 amide bonds. The number of para-hydroxylation sites is 1. The van der Waals surface area contributed by atoms with E-state index >= 15 is 4.79 Å². The SMILES string of the molecule is CN[C@@H](C)C(=O)NC(C(=O)N1CC(c2ccc3c(c2)CN(C(=O)[C@@H](NC(=O)[C@H](C)NC)C(C)(C)C)C(C(=O)NC2CCOc4ccccc42)C3)CC1C(=O)NC1CCCc2ccccc21)C(C)(C)C. The van der Waals surface area contributed by atoms with E-state index in [1.54, 1.807) is 37.7 Å². The van der Waals surface area contributed by atoms with E-state index in [2.05, 4.69) is 50.1 Å². The van der Waals surface area contributed by atoms with Crippen molar-refractivity contribution in [2.24, 2.45) is 10.8 Å². The number of hydrogen-bond donors (Lipinski definition) is 6. The van der Waals surface area contributed by atoms with Crippen molar-refractivity contribution in [2.75, 3.05) is 27.2 Å². The van der Waals surface area contributed by atoms with Gasteiger partial charge in [0, 0.05) is 37.4 Å². The van der Waals surface area contributed by atoms with Gasteiger partial charge in [-0.2, -0.15) is 0 Å². The van der Waals surface area contributed by atoms with Gasteiger partial charge in [0.25, 0.3) is 0 Å². The first kappa shape index (κ1) is 51.1. The molecule has 0 aromatic heterocycles. The molecule has 0 saturated carbocycles. The van der Waals surface area contributed by atoms with Crippen molar-refractivity contribution >= 4 is 35.4 Å². The smallest absolute Gasteiger partial charge is 0.246 e. The van der Waals surface area contributed by atoms with Gasteiger partial charge in [0.05, 0.1) is 30.8 Å². The van der Waals surface area contributed by atoms with E-state index < -0.39 is 47.1 Å².